The van der Waals surface area contributed by atoms with Crippen molar-refractivity contribution >= 4 is 0 Å². The van der Waals surface area contributed by atoms with Crippen LogP contribution in [0.25, 0.3) is 0 Å². The monoisotopic (exact) mass is 384 g/mol. The van der Waals surface area contributed by atoms with E-state index in [1.54, 1.807) is 13.8 Å². The van der Waals surface area contributed by atoms with Gasteiger partial charge in [-0.3, -0.25) is 20.2 Å². The number of aryl methyl sites for hydroxylation is 2. The van der Waals surface area contributed by atoms with Crippen LogP contribution in [-0.2, 0) is 0 Å². The highest BCUT2D eigenvalue weighted by Crippen LogP contribution is 2.43. The predicted octanol–water partition coefficient (Wildman–Crippen LogP) is 2.98. The average molecular weight is 384 g/mol. The number of piperidine rings is 1. The zero-order chi connectivity index (χ0) is 20.6. The minimum Gasteiger partial charge on any atom is -0.322 e. The van der Waals surface area contributed by atoms with Crippen molar-refractivity contribution in [1.82, 2.24) is 0 Å². The Morgan fingerprint density at radius 3 is 1.54 bits per heavy atom. The van der Waals surface area contributed by atoms with E-state index in [9.17, 15) is 20.2 Å². The first-order valence-electron chi connectivity index (χ1n) is 9.38. The minimum atomic E-state index is -1.13. The molecule has 3 rings (SSSR count). The lowest BCUT2D eigenvalue weighted by Crippen LogP contribution is -2.96. The molecule has 0 spiro atoms. The zero-order valence-electron chi connectivity index (χ0n) is 16.5. The molecule has 7 nitrogen and oxygen atoms in total. The predicted molar refractivity (Wildman–Crippen MR) is 105 cm³/mol. The van der Waals surface area contributed by atoms with Crippen molar-refractivity contribution in [2.75, 3.05) is 0 Å². The molecule has 0 aromatic heterocycles. The molecule has 2 aromatic carbocycles. The Kier molecular flexibility index (Phi) is 5.21. The summed E-state index contributed by atoms with van der Waals surface area (Å²) < 4.78 is 0. The molecule has 0 bridgehead atoms. The third kappa shape index (κ3) is 3.49. The molecular weight excluding hydrogens is 358 g/mol. The number of nitrogens with zero attached hydrogens (tertiary/aromatic N) is 2. The number of nitrogens with two attached hydrogens (primary N) is 1. The van der Waals surface area contributed by atoms with Crippen LogP contribution < -0.4 is 5.32 Å². The van der Waals surface area contributed by atoms with Gasteiger partial charge in [-0.15, -0.1) is 0 Å². The first kappa shape index (κ1) is 19.9. The van der Waals surface area contributed by atoms with E-state index in [-0.39, 0.29) is 9.85 Å². The normalized spacial score (nSPS) is 26.6. The second kappa shape index (κ2) is 7.31. The average Bonchev–Trinajstić information content (AvgIpc) is 2.59. The standard InChI is InChI=1S/C21H25N3O4/c1-13-7-5-9-15(11-13)17-19(23(25)26)21(3,4)20(24(27)28)18(22-17)16-10-6-8-14(2)12-16/h5-12,17-20,22H,1-4H3/p+1/t17-,18-,19+,20+/m0/s1. The summed E-state index contributed by atoms with van der Waals surface area (Å²) in [6, 6.07) is 12.1. The van der Waals surface area contributed by atoms with Crippen LogP contribution in [0, 0.1) is 39.5 Å². The van der Waals surface area contributed by atoms with E-state index in [4.69, 9.17) is 0 Å². The number of hydrogen-bond donors (Lipinski definition) is 1. The first-order valence-corrected chi connectivity index (χ1v) is 9.38. The Labute approximate surface area is 164 Å². The van der Waals surface area contributed by atoms with Crippen molar-refractivity contribution in [3.63, 3.8) is 0 Å². The van der Waals surface area contributed by atoms with Crippen molar-refractivity contribution < 1.29 is 15.2 Å². The molecule has 1 saturated heterocycles. The minimum absolute atomic E-state index is 0.341. The van der Waals surface area contributed by atoms with Crippen LogP contribution in [0.2, 0.25) is 0 Å². The maximum absolute atomic E-state index is 12.1. The molecule has 1 aliphatic heterocycles. The topological polar surface area (TPSA) is 103 Å². The van der Waals surface area contributed by atoms with E-state index in [0.29, 0.717) is 0 Å². The Morgan fingerprint density at radius 2 is 1.21 bits per heavy atom. The van der Waals surface area contributed by atoms with Crippen molar-refractivity contribution in [3.8, 4) is 0 Å². The van der Waals surface area contributed by atoms with Gasteiger partial charge in [0.25, 0.3) is 12.1 Å². The molecule has 1 fully saturated rings. The van der Waals surface area contributed by atoms with Crippen molar-refractivity contribution in [1.29, 1.82) is 0 Å². The van der Waals surface area contributed by atoms with Gasteiger partial charge in [0, 0.05) is 21.0 Å². The van der Waals surface area contributed by atoms with Crippen LogP contribution in [0.15, 0.2) is 48.5 Å². The van der Waals surface area contributed by atoms with E-state index in [1.807, 2.05) is 67.7 Å². The fourth-order valence-electron chi connectivity index (χ4n) is 4.68. The van der Waals surface area contributed by atoms with E-state index < -0.39 is 29.6 Å². The number of hydrogen-bond acceptors (Lipinski definition) is 4. The van der Waals surface area contributed by atoms with Gasteiger partial charge in [-0.2, -0.15) is 0 Å². The third-order valence-electron chi connectivity index (χ3n) is 5.93. The molecule has 148 valence electrons. The van der Waals surface area contributed by atoms with Crippen LogP contribution in [0.4, 0.5) is 0 Å². The molecule has 2 aromatic rings. The Balaban J connectivity index is 2.18. The van der Waals surface area contributed by atoms with Gasteiger partial charge >= 0.3 is 0 Å². The largest absolute Gasteiger partial charge is 0.322 e. The molecule has 4 atom stereocenters. The summed E-state index contributed by atoms with van der Waals surface area (Å²) in [6.07, 6.45) is 0. The molecule has 0 aliphatic carbocycles. The van der Waals surface area contributed by atoms with Gasteiger partial charge in [0.15, 0.2) is 12.1 Å². The summed E-state index contributed by atoms with van der Waals surface area (Å²) in [5.74, 6) is 0. The van der Waals surface area contributed by atoms with E-state index in [0.717, 1.165) is 22.3 Å². The number of nitro groups is 2. The van der Waals surface area contributed by atoms with Gasteiger partial charge in [0.05, 0.1) is 0 Å². The summed E-state index contributed by atoms with van der Waals surface area (Å²) in [5.41, 5.74) is 2.54. The summed E-state index contributed by atoms with van der Waals surface area (Å²) in [7, 11) is 0. The van der Waals surface area contributed by atoms with Gasteiger partial charge in [0.1, 0.15) is 5.41 Å². The maximum Gasteiger partial charge on any atom is 0.279 e. The molecule has 0 unspecified atom stereocenters. The quantitative estimate of drug-likeness (QED) is 0.646. The molecular formula is C21H26N3O4+. The molecule has 28 heavy (non-hydrogen) atoms. The summed E-state index contributed by atoms with van der Waals surface area (Å²) >= 11 is 0. The molecule has 1 aliphatic rings. The lowest BCUT2D eigenvalue weighted by Gasteiger charge is -2.41. The second-order valence-electron chi connectivity index (χ2n) is 8.35. The fourth-order valence-corrected chi connectivity index (χ4v) is 4.68. The van der Waals surface area contributed by atoms with Crippen molar-refractivity contribution in [2.45, 2.75) is 51.9 Å². The second-order valence-corrected chi connectivity index (χ2v) is 8.35. The van der Waals surface area contributed by atoms with E-state index >= 15 is 0 Å². The first-order chi connectivity index (χ1) is 13.1. The summed E-state index contributed by atoms with van der Waals surface area (Å²) in [5, 5.41) is 26.0. The number of benzene rings is 2. The lowest BCUT2D eigenvalue weighted by atomic mass is 9.66. The van der Waals surface area contributed by atoms with Crippen LogP contribution in [-0.4, -0.2) is 21.9 Å². The Bertz CT molecular complexity index is 841. The van der Waals surface area contributed by atoms with E-state index in [1.165, 1.54) is 0 Å². The molecule has 0 amide bonds. The van der Waals surface area contributed by atoms with Crippen LogP contribution in [0.3, 0.4) is 0 Å². The van der Waals surface area contributed by atoms with E-state index in [2.05, 4.69) is 0 Å². The highest BCUT2D eigenvalue weighted by atomic mass is 16.6. The van der Waals surface area contributed by atoms with Crippen LogP contribution in [0.1, 0.15) is 48.2 Å². The highest BCUT2D eigenvalue weighted by molar-refractivity contribution is 5.28. The highest BCUT2D eigenvalue weighted by Gasteiger charge is 2.65. The lowest BCUT2D eigenvalue weighted by molar-refractivity contribution is -0.818. The van der Waals surface area contributed by atoms with Gasteiger partial charge < -0.3 is 5.32 Å². The number of rotatable bonds is 4. The molecule has 1 heterocycles. The van der Waals surface area contributed by atoms with Gasteiger partial charge in [-0.05, 0) is 39.8 Å². The van der Waals surface area contributed by atoms with Crippen molar-refractivity contribution in [3.05, 3.63) is 91.0 Å². The Morgan fingerprint density at radius 1 is 0.821 bits per heavy atom. The molecule has 7 heteroatoms. The van der Waals surface area contributed by atoms with Crippen LogP contribution >= 0.6 is 0 Å². The number of quaternary nitrogens is 1. The molecule has 0 saturated carbocycles. The summed E-state index contributed by atoms with van der Waals surface area (Å²) in [6.45, 7) is 7.20. The molecule has 2 N–H and O–H groups in total. The Hall–Kier alpha value is -2.80. The maximum atomic E-state index is 12.1. The third-order valence-corrected chi connectivity index (χ3v) is 5.93. The molecule has 0 radical (unpaired) electrons. The van der Waals surface area contributed by atoms with Gasteiger partial charge in [0.2, 0.25) is 0 Å². The van der Waals surface area contributed by atoms with Crippen molar-refractivity contribution in [2.24, 2.45) is 5.41 Å². The van der Waals surface area contributed by atoms with Gasteiger partial charge in [-0.25, -0.2) is 0 Å². The van der Waals surface area contributed by atoms with Gasteiger partial charge in [-0.1, -0.05) is 47.5 Å². The smallest absolute Gasteiger partial charge is 0.279 e. The zero-order valence-corrected chi connectivity index (χ0v) is 16.5. The SMILES string of the molecule is Cc1cccc([C@@H]2[NH2+][C@@H](c3cccc(C)c3)[C@@H]([N+](=O)[O-])C(C)(C)[C@@H]2[N+](=O)[O-])c1. The fraction of sp³-hybridized carbons (Fsp3) is 0.429. The summed E-state index contributed by atoms with van der Waals surface area (Å²) in [4.78, 5) is 23.5. The van der Waals surface area contributed by atoms with Crippen LogP contribution in [0.5, 0.6) is 0 Å².